The molecule has 0 aromatic heterocycles. The summed E-state index contributed by atoms with van der Waals surface area (Å²) in [6.45, 7) is 2.30. The zero-order valence-corrected chi connectivity index (χ0v) is 18.1. The number of halogens is 1. The summed E-state index contributed by atoms with van der Waals surface area (Å²) in [5, 5.41) is 1.77. The number of rotatable bonds is 10. The maximum Gasteiger partial charge on any atom is 0.227 e. The van der Waals surface area contributed by atoms with Crippen LogP contribution >= 0.6 is 0 Å². The molecule has 166 valence electrons. The number of unbranched alkanes of at least 4 members (excludes halogenated alkanes) is 2. The predicted molar refractivity (Wildman–Crippen MR) is 118 cm³/mol. The molecule has 3 aliphatic rings. The Bertz CT molecular complexity index is 895. The number of hydrogen-bond acceptors (Lipinski definition) is 4. The lowest BCUT2D eigenvalue weighted by Gasteiger charge is -2.37. The summed E-state index contributed by atoms with van der Waals surface area (Å²) in [6.07, 6.45) is 10.6. The van der Waals surface area contributed by atoms with Crippen LogP contribution in [-0.4, -0.2) is 47.3 Å². The lowest BCUT2D eigenvalue weighted by Crippen LogP contribution is -2.43. The Morgan fingerprint density at radius 1 is 1.23 bits per heavy atom. The van der Waals surface area contributed by atoms with Crippen LogP contribution < -0.4 is 5.84 Å². The van der Waals surface area contributed by atoms with E-state index in [1.165, 1.54) is 6.07 Å². The van der Waals surface area contributed by atoms with Gasteiger partial charge in [-0.1, -0.05) is 24.6 Å². The van der Waals surface area contributed by atoms with Crippen molar-refractivity contribution >= 4 is 11.7 Å². The van der Waals surface area contributed by atoms with E-state index < -0.39 is 0 Å². The second kappa shape index (κ2) is 9.88. The first kappa shape index (κ1) is 21.9. The standard InChI is InChI=1S/C25H32FN3O2/c26-22-8-4-6-18(14-22)10-13-28(27)11-3-1-2-9-23(30)20-15-19-7-5-12-29-24(31)17-21(16-20)25(19)29/h4,6,8,14-16,19,25H,1-3,5,7,9-13,17,27H2. The fourth-order valence-electron chi connectivity index (χ4n) is 5.12. The SMILES string of the molecule is NN(CCCCCC(=O)C1=CC2CCCN3C(=O)CC(=C1)C23)CCc1cccc(F)c1. The van der Waals surface area contributed by atoms with E-state index in [0.717, 1.165) is 68.3 Å². The predicted octanol–water partition coefficient (Wildman–Crippen LogP) is 3.55. The molecule has 0 spiro atoms. The molecular weight excluding hydrogens is 393 g/mol. The molecule has 0 saturated carbocycles. The minimum atomic E-state index is -0.217. The third-order valence-corrected chi connectivity index (χ3v) is 6.72. The van der Waals surface area contributed by atoms with Gasteiger partial charge in [0.2, 0.25) is 5.91 Å². The number of nitrogens with two attached hydrogens (primary N) is 1. The van der Waals surface area contributed by atoms with Crippen LogP contribution in [0.2, 0.25) is 0 Å². The summed E-state index contributed by atoms with van der Waals surface area (Å²) in [4.78, 5) is 27.0. The fourth-order valence-corrected chi connectivity index (χ4v) is 5.12. The number of carbonyl (C=O) groups is 2. The Hall–Kier alpha value is -2.31. The molecule has 2 atom stereocenters. The molecule has 4 rings (SSSR count). The maximum absolute atomic E-state index is 13.2. The van der Waals surface area contributed by atoms with E-state index in [1.54, 1.807) is 17.1 Å². The highest BCUT2D eigenvalue weighted by Gasteiger charge is 2.43. The van der Waals surface area contributed by atoms with Crippen LogP contribution in [-0.2, 0) is 16.0 Å². The van der Waals surface area contributed by atoms with Gasteiger partial charge in [0.15, 0.2) is 5.78 Å². The minimum Gasteiger partial charge on any atom is -0.335 e. The molecule has 5 nitrogen and oxygen atoms in total. The fraction of sp³-hybridized carbons (Fsp3) is 0.520. The van der Waals surface area contributed by atoms with Gasteiger partial charge in [-0.05, 0) is 61.4 Å². The average Bonchev–Trinajstić information content (AvgIpc) is 3.08. The van der Waals surface area contributed by atoms with Crippen LogP contribution in [0.3, 0.4) is 0 Å². The highest BCUT2D eigenvalue weighted by molar-refractivity contribution is 5.99. The number of nitrogens with zero attached hydrogens (tertiary/aromatic N) is 2. The first-order valence-corrected chi connectivity index (χ1v) is 11.5. The van der Waals surface area contributed by atoms with Crippen LogP contribution in [0, 0.1) is 11.7 Å². The number of carbonyl (C=O) groups excluding carboxylic acids is 2. The summed E-state index contributed by atoms with van der Waals surface area (Å²) < 4.78 is 13.2. The molecule has 2 unspecified atom stereocenters. The first-order valence-electron chi connectivity index (χ1n) is 11.5. The normalized spacial score (nSPS) is 22.4. The summed E-state index contributed by atoms with van der Waals surface area (Å²) in [5.41, 5.74) is 2.89. The summed E-state index contributed by atoms with van der Waals surface area (Å²) in [7, 11) is 0. The zero-order chi connectivity index (χ0) is 21.8. The Kier molecular flexibility index (Phi) is 6.98. The maximum atomic E-state index is 13.2. The molecule has 2 fully saturated rings. The summed E-state index contributed by atoms with van der Waals surface area (Å²) in [6, 6.07) is 6.83. The number of Topliss-reactive ketones (excluding diaryl/α,β-unsaturated/α-hetero) is 1. The molecule has 2 aliphatic heterocycles. The Balaban J connectivity index is 1.16. The topological polar surface area (TPSA) is 66.6 Å². The van der Waals surface area contributed by atoms with E-state index in [4.69, 9.17) is 5.84 Å². The summed E-state index contributed by atoms with van der Waals surface area (Å²) in [5.74, 6) is 6.55. The molecule has 1 aliphatic carbocycles. The van der Waals surface area contributed by atoms with Gasteiger partial charge >= 0.3 is 0 Å². The van der Waals surface area contributed by atoms with Crippen molar-refractivity contribution < 1.29 is 14.0 Å². The van der Waals surface area contributed by atoms with Gasteiger partial charge in [0.1, 0.15) is 5.82 Å². The number of hydrogen-bond donors (Lipinski definition) is 1. The van der Waals surface area contributed by atoms with Gasteiger partial charge in [-0.15, -0.1) is 0 Å². The van der Waals surface area contributed by atoms with E-state index in [1.807, 2.05) is 17.0 Å². The van der Waals surface area contributed by atoms with Gasteiger partial charge in [0.05, 0.1) is 12.5 Å². The molecule has 0 bridgehead atoms. The third kappa shape index (κ3) is 5.31. The lowest BCUT2D eigenvalue weighted by atomic mass is 9.80. The molecule has 2 N–H and O–H groups in total. The van der Waals surface area contributed by atoms with Crippen molar-refractivity contribution in [2.75, 3.05) is 19.6 Å². The molecule has 0 radical (unpaired) electrons. The molecule has 1 amide bonds. The Morgan fingerprint density at radius 2 is 2.10 bits per heavy atom. The van der Waals surface area contributed by atoms with Crippen LogP contribution in [0.15, 0.2) is 47.6 Å². The molecule has 1 aromatic rings. The first-order chi connectivity index (χ1) is 15.0. The van der Waals surface area contributed by atoms with Crippen LogP contribution in [0.25, 0.3) is 0 Å². The highest BCUT2D eigenvalue weighted by atomic mass is 19.1. The van der Waals surface area contributed by atoms with E-state index in [-0.39, 0.29) is 23.5 Å². The third-order valence-electron chi connectivity index (χ3n) is 6.72. The summed E-state index contributed by atoms with van der Waals surface area (Å²) >= 11 is 0. The Labute approximate surface area is 183 Å². The number of amides is 1. The minimum absolute atomic E-state index is 0.193. The highest BCUT2D eigenvalue weighted by Crippen LogP contribution is 2.40. The van der Waals surface area contributed by atoms with Crippen molar-refractivity contribution in [1.82, 2.24) is 9.91 Å². The van der Waals surface area contributed by atoms with Gasteiger partial charge in [0.25, 0.3) is 0 Å². The van der Waals surface area contributed by atoms with Crippen molar-refractivity contribution in [3.63, 3.8) is 0 Å². The van der Waals surface area contributed by atoms with Crippen molar-refractivity contribution in [1.29, 1.82) is 0 Å². The lowest BCUT2D eigenvalue weighted by molar-refractivity contribution is -0.130. The smallest absolute Gasteiger partial charge is 0.227 e. The number of allylic oxidation sites excluding steroid dienone is 2. The van der Waals surface area contributed by atoms with E-state index >= 15 is 0 Å². The molecule has 6 heteroatoms. The van der Waals surface area contributed by atoms with Crippen molar-refractivity contribution in [2.45, 2.75) is 57.4 Å². The molecule has 1 aromatic carbocycles. The van der Waals surface area contributed by atoms with Gasteiger partial charge in [-0.2, -0.15) is 0 Å². The Morgan fingerprint density at radius 3 is 2.94 bits per heavy atom. The number of hydrazine groups is 1. The van der Waals surface area contributed by atoms with E-state index in [0.29, 0.717) is 25.3 Å². The quantitative estimate of drug-likeness (QED) is 0.354. The molecule has 2 heterocycles. The van der Waals surface area contributed by atoms with Gasteiger partial charge in [0, 0.05) is 37.5 Å². The van der Waals surface area contributed by atoms with E-state index in [2.05, 4.69) is 6.08 Å². The molecular formula is C25H32FN3O2. The van der Waals surface area contributed by atoms with Crippen molar-refractivity contribution in [2.24, 2.45) is 11.8 Å². The molecule has 31 heavy (non-hydrogen) atoms. The van der Waals surface area contributed by atoms with Crippen molar-refractivity contribution in [3.05, 3.63) is 58.9 Å². The van der Waals surface area contributed by atoms with Gasteiger partial charge < -0.3 is 4.90 Å². The van der Waals surface area contributed by atoms with E-state index in [9.17, 15) is 14.0 Å². The van der Waals surface area contributed by atoms with Crippen LogP contribution in [0.1, 0.15) is 50.5 Å². The number of benzene rings is 1. The van der Waals surface area contributed by atoms with Gasteiger partial charge in [-0.3, -0.25) is 15.4 Å². The monoisotopic (exact) mass is 425 g/mol. The van der Waals surface area contributed by atoms with Gasteiger partial charge in [-0.25, -0.2) is 9.40 Å². The van der Waals surface area contributed by atoms with Crippen LogP contribution in [0.5, 0.6) is 0 Å². The average molecular weight is 426 g/mol. The largest absolute Gasteiger partial charge is 0.335 e. The number of piperidine rings is 1. The van der Waals surface area contributed by atoms with Crippen LogP contribution in [0.4, 0.5) is 4.39 Å². The second-order valence-corrected chi connectivity index (χ2v) is 9.01. The molecule has 2 saturated heterocycles. The second-order valence-electron chi connectivity index (χ2n) is 9.01. The number of ketones is 1. The zero-order valence-electron chi connectivity index (χ0n) is 18.1. The van der Waals surface area contributed by atoms with Crippen molar-refractivity contribution in [3.8, 4) is 0 Å².